The lowest BCUT2D eigenvalue weighted by Gasteiger charge is -2.47. The van der Waals surface area contributed by atoms with Crippen molar-refractivity contribution >= 4 is 21.4 Å². The number of halogens is 3. The number of hydrogen-bond donors (Lipinski definition) is 1. The molecule has 0 amide bonds. The Hall–Kier alpha value is -1.51. The molecule has 1 spiro atoms. The minimum atomic E-state index is -4.51. The first-order valence-corrected chi connectivity index (χ1v) is 13.4. The van der Waals surface area contributed by atoms with Crippen LogP contribution in [0.3, 0.4) is 0 Å². The van der Waals surface area contributed by atoms with Crippen LogP contribution in [0.25, 0.3) is 0 Å². The molecule has 0 aliphatic carbocycles. The molecule has 2 atom stereocenters. The monoisotopic (exact) mass is 522 g/mol. The lowest BCUT2D eigenvalue weighted by Crippen LogP contribution is -2.50. The third kappa shape index (κ3) is 4.78. The zero-order chi connectivity index (χ0) is 24.9. The van der Waals surface area contributed by atoms with Crippen LogP contribution in [0, 0.1) is 0 Å². The van der Waals surface area contributed by atoms with Gasteiger partial charge in [-0.3, -0.25) is 9.58 Å². The molecular weight excluding hydrogens is 493 g/mol. The predicted octanol–water partition coefficient (Wildman–Crippen LogP) is 2.76. The van der Waals surface area contributed by atoms with Crippen molar-refractivity contribution in [2.24, 2.45) is 0 Å². The van der Waals surface area contributed by atoms with Crippen molar-refractivity contribution in [2.45, 2.75) is 63.0 Å². The molecular formula is C21H29F3N4O4S2. The zero-order valence-electron chi connectivity index (χ0n) is 19.3. The third-order valence-electron chi connectivity index (χ3n) is 6.65. The van der Waals surface area contributed by atoms with Crippen LogP contribution >= 0.6 is 11.3 Å². The van der Waals surface area contributed by atoms with Crippen LogP contribution in [0.1, 0.15) is 46.2 Å². The number of aliphatic hydroxyl groups is 1. The molecule has 0 aromatic carbocycles. The molecule has 34 heavy (non-hydrogen) atoms. The first-order chi connectivity index (χ1) is 15.9. The van der Waals surface area contributed by atoms with Gasteiger partial charge in [0, 0.05) is 55.4 Å². The number of thiophene rings is 1. The van der Waals surface area contributed by atoms with Crippen molar-refractivity contribution in [3.8, 4) is 0 Å². The molecule has 0 unspecified atom stereocenters. The smallest absolute Gasteiger partial charge is 0.392 e. The number of piperidine rings is 1. The van der Waals surface area contributed by atoms with Gasteiger partial charge in [0.2, 0.25) is 10.0 Å². The number of likely N-dealkylation sites (tertiary alicyclic amines) is 1. The number of sulfonamides is 1. The molecule has 0 bridgehead atoms. The Balaban J connectivity index is 1.51. The van der Waals surface area contributed by atoms with Gasteiger partial charge in [-0.05, 0) is 31.7 Å². The summed E-state index contributed by atoms with van der Waals surface area (Å²) in [7, 11) is -0.495. The van der Waals surface area contributed by atoms with Crippen molar-refractivity contribution < 1.29 is 31.4 Å². The highest BCUT2D eigenvalue weighted by Gasteiger charge is 2.48. The van der Waals surface area contributed by atoms with Crippen molar-refractivity contribution in [3.63, 3.8) is 0 Å². The molecule has 2 aliphatic heterocycles. The molecule has 0 saturated carbocycles. The van der Waals surface area contributed by atoms with E-state index in [-0.39, 0.29) is 17.5 Å². The fraction of sp³-hybridized carbons (Fsp3) is 0.667. The molecule has 0 radical (unpaired) electrons. The van der Waals surface area contributed by atoms with E-state index in [1.807, 2.05) is 6.92 Å². The van der Waals surface area contributed by atoms with Gasteiger partial charge in [0.25, 0.3) is 0 Å². The van der Waals surface area contributed by atoms with E-state index < -0.39 is 33.3 Å². The molecule has 4 rings (SSSR count). The van der Waals surface area contributed by atoms with Gasteiger partial charge in [-0.25, -0.2) is 12.7 Å². The average molecular weight is 523 g/mol. The standard InChI is InChI=1S/C21H29F3N4O4S2/c1-14-8-20(18-16(4-7-32-20)17(12-29)19(33-18)21(22,23)24)5-6-27(14)10-15-9-25-28(11-15)13-34(30,31)26(2)3/h9,11,14,29H,4-8,10,12-13H2,1-3H3/t14-,20+/m0/s1. The maximum atomic E-state index is 13.6. The first-order valence-electron chi connectivity index (χ1n) is 11.0. The van der Waals surface area contributed by atoms with Crippen LogP contribution in [-0.4, -0.2) is 65.8 Å². The Morgan fingerprint density at radius 3 is 2.74 bits per heavy atom. The third-order valence-corrected chi connectivity index (χ3v) is 9.86. The van der Waals surface area contributed by atoms with E-state index in [1.54, 1.807) is 12.4 Å². The summed E-state index contributed by atoms with van der Waals surface area (Å²) in [5.41, 5.74) is 0.659. The minimum Gasteiger partial charge on any atom is -0.392 e. The predicted molar refractivity (Wildman–Crippen MR) is 121 cm³/mol. The van der Waals surface area contributed by atoms with E-state index in [0.29, 0.717) is 60.7 Å². The van der Waals surface area contributed by atoms with Crippen LogP contribution in [-0.2, 0) is 52.0 Å². The normalized spacial score (nSPS) is 24.2. The molecule has 2 aromatic heterocycles. The lowest BCUT2D eigenvalue weighted by atomic mass is 9.81. The van der Waals surface area contributed by atoms with Crippen LogP contribution in [0.5, 0.6) is 0 Å². The second kappa shape index (κ2) is 9.17. The van der Waals surface area contributed by atoms with Crippen LogP contribution in [0.2, 0.25) is 0 Å². The molecule has 1 saturated heterocycles. The number of rotatable bonds is 6. The van der Waals surface area contributed by atoms with Gasteiger partial charge in [0.05, 0.1) is 19.4 Å². The van der Waals surface area contributed by atoms with Crippen LogP contribution in [0.15, 0.2) is 12.4 Å². The summed E-state index contributed by atoms with van der Waals surface area (Å²) in [4.78, 5) is 2.08. The van der Waals surface area contributed by atoms with Gasteiger partial charge in [0.1, 0.15) is 10.5 Å². The average Bonchev–Trinajstić information content (AvgIpc) is 3.34. The van der Waals surface area contributed by atoms with Crippen molar-refractivity contribution in [1.29, 1.82) is 0 Å². The van der Waals surface area contributed by atoms with Crippen molar-refractivity contribution in [1.82, 2.24) is 19.0 Å². The fourth-order valence-corrected chi connectivity index (χ4v) is 6.96. The Bertz CT molecular complexity index is 1150. The lowest BCUT2D eigenvalue weighted by molar-refractivity contribution is -0.135. The summed E-state index contributed by atoms with van der Waals surface area (Å²) in [5.74, 6) is -0.248. The Morgan fingerprint density at radius 2 is 2.12 bits per heavy atom. The van der Waals surface area contributed by atoms with Gasteiger partial charge in [-0.2, -0.15) is 18.3 Å². The molecule has 8 nitrogen and oxygen atoms in total. The number of alkyl halides is 3. The highest BCUT2D eigenvalue weighted by Crippen LogP contribution is 2.51. The molecule has 2 aliphatic rings. The summed E-state index contributed by atoms with van der Waals surface area (Å²) >= 11 is 0.714. The number of aromatic nitrogens is 2. The zero-order valence-corrected chi connectivity index (χ0v) is 20.9. The Kier molecular flexibility index (Phi) is 6.90. The topological polar surface area (TPSA) is 87.9 Å². The Morgan fingerprint density at radius 1 is 1.38 bits per heavy atom. The second-order valence-electron chi connectivity index (χ2n) is 9.15. The van der Waals surface area contributed by atoms with Crippen molar-refractivity contribution in [2.75, 3.05) is 27.2 Å². The summed E-state index contributed by atoms with van der Waals surface area (Å²) in [6.45, 7) is 2.87. The number of ether oxygens (including phenoxy) is 1. The number of aliphatic hydroxyl groups excluding tert-OH is 1. The molecule has 2 aromatic rings. The second-order valence-corrected chi connectivity index (χ2v) is 12.3. The SMILES string of the molecule is C[C@H]1C[C@@]2(CCN1Cc1cnn(CS(=O)(=O)N(C)C)c1)OCCc1c2sc(C(F)(F)F)c1CO. The maximum Gasteiger partial charge on any atom is 0.425 e. The van der Waals surface area contributed by atoms with E-state index in [9.17, 15) is 26.7 Å². The number of hydrogen-bond acceptors (Lipinski definition) is 7. The molecule has 1 N–H and O–H groups in total. The highest BCUT2D eigenvalue weighted by atomic mass is 32.2. The fourth-order valence-electron chi connectivity index (χ4n) is 4.84. The van der Waals surface area contributed by atoms with Gasteiger partial charge < -0.3 is 9.84 Å². The van der Waals surface area contributed by atoms with Crippen LogP contribution < -0.4 is 0 Å². The van der Waals surface area contributed by atoms with Gasteiger partial charge in [-0.15, -0.1) is 11.3 Å². The Labute approximate surface area is 201 Å². The maximum absolute atomic E-state index is 13.6. The van der Waals surface area contributed by atoms with Gasteiger partial charge >= 0.3 is 6.18 Å². The van der Waals surface area contributed by atoms with Gasteiger partial charge in [0.15, 0.2) is 5.88 Å². The van der Waals surface area contributed by atoms with Gasteiger partial charge in [-0.1, -0.05) is 0 Å². The molecule has 4 heterocycles. The summed E-state index contributed by atoms with van der Waals surface area (Å²) in [6.07, 6.45) is 0.276. The highest BCUT2D eigenvalue weighted by molar-refractivity contribution is 7.88. The quantitative estimate of drug-likeness (QED) is 0.628. The first kappa shape index (κ1) is 25.6. The van der Waals surface area contributed by atoms with E-state index >= 15 is 0 Å². The largest absolute Gasteiger partial charge is 0.425 e. The summed E-state index contributed by atoms with van der Waals surface area (Å²) < 4.78 is 73.7. The van der Waals surface area contributed by atoms with E-state index in [1.165, 1.54) is 18.8 Å². The number of fused-ring (bicyclic) bond motifs is 2. The minimum absolute atomic E-state index is 0.00894. The van der Waals surface area contributed by atoms with E-state index in [0.717, 1.165) is 9.87 Å². The van der Waals surface area contributed by atoms with E-state index in [4.69, 9.17) is 4.74 Å². The van der Waals surface area contributed by atoms with E-state index in [2.05, 4.69) is 10.00 Å². The molecule has 1 fully saturated rings. The van der Waals surface area contributed by atoms with Crippen LogP contribution in [0.4, 0.5) is 13.2 Å². The molecule has 13 heteroatoms. The van der Waals surface area contributed by atoms with Crippen molar-refractivity contribution in [3.05, 3.63) is 38.8 Å². The summed E-state index contributed by atoms with van der Waals surface area (Å²) in [5, 5.41) is 13.8. The molecule has 190 valence electrons. The number of nitrogens with zero attached hydrogens (tertiary/aromatic N) is 4. The summed E-state index contributed by atoms with van der Waals surface area (Å²) in [6, 6.07) is 0.0163.